The molecule has 0 unspecified atom stereocenters. The van der Waals surface area contributed by atoms with Gasteiger partial charge in [-0.25, -0.2) is 19.6 Å². The molecule has 4 aromatic heterocycles. The lowest BCUT2D eigenvalue weighted by Crippen LogP contribution is -2.24. The maximum Gasteiger partial charge on any atom is 0.338 e. The highest BCUT2D eigenvalue weighted by molar-refractivity contribution is 6.04. The number of ether oxygens (including phenoxy) is 4. The number of ketones is 1. The Labute approximate surface area is 352 Å². The summed E-state index contributed by atoms with van der Waals surface area (Å²) in [6.45, 7) is 16.6. The summed E-state index contributed by atoms with van der Waals surface area (Å²) in [5.74, 6) is -0.225. The molecule has 0 radical (unpaired) electrons. The Morgan fingerprint density at radius 2 is 1.30 bits per heavy atom. The third-order valence-electron chi connectivity index (χ3n) is 9.85. The number of allylic oxidation sites excluding steroid dienone is 2. The van der Waals surface area contributed by atoms with Crippen LogP contribution in [0.3, 0.4) is 0 Å². The smallest absolute Gasteiger partial charge is 0.338 e. The third kappa shape index (κ3) is 9.05. The van der Waals surface area contributed by atoms with Gasteiger partial charge in [-0.1, -0.05) is 12.2 Å². The second kappa shape index (κ2) is 17.4. The molecule has 0 saturated carbocycles. The second-order valence-corrected chi connectivity index (χ2v) is 15.6. The highest BCUT2D eigenvalue weighted by Crippen LogP contribution is 2.34. The first-order valence-electron chi connectivity index (χ1n) is 20.5. The topological polar surface area (TPSA) is 189 Å². The molecule has 0 aliphatic carbocycles. The number of aryl methyl sites for hydroxylation is 4. The van der Waals surface area contributed by atoms with Gasteiger partial charge >= 0.3 is 11.9 Å². The van der Waals surface area contributed by atoms with Gasteiger partial charge in [0.15, 0.2) is 5.78 Å². The Kier molecular flexibility index (Phi) is 12.1. The van der Waals surface area contributed by atoms with Gasteiger partial charge in [0.1, 0.15) is 45.3 Å². The molecule has 17 nitrogen and oxygen atoms in total. The Balaban J connectivity index is 1.33. The molecule has 17 heteroatoms. The zero-order valence-corrected chi connectivity index (χ0v) is 35.8. The number of rotatable bonds is 10. The van der Waals surface area contributed by atoms with Crippen molar-refractivity contribution < 1.29 is 38.1 Å². The predicted octanol–water partition coefficient (Wildman–Crippen LogP) is 6.66. The summed E-state index contributed by atoms with van der Waals surface area (Å²) in [5, 5.41) is 11.9. The Bertz CT molecular complexity index is 2690. The minimum Gasteiger partial charge on any atom is -0.491 e. The number of anilines is 1. The molecular weight excluding hydrogens is 783 g/mol. The standard InChI is InChI=1S/C44H51N9O8/c1-9-52-32(19-26(4)48-52)34(54)25-37-45-30-21-28(41(56)58-11-3)23-35-38(30)50(37)15-12-13-16-51-39-31(46-43(51)47-40(55)33-20-27(5)49-53(33)10-2)22-29(42(57)61-44(6,7)8)24-36(39)60-18-14-17-59-35/h12-13,19-24H,9-11,14-18,25H2,1-8H3,(H,46,47,55)/b13-12+. The number of carbonyl (C=O) groups excluding carboxylic acids is 4. The summed E-state index contributed by atoms with van der Waals surface area (Å²) >= 11 is 0. The monoisotopic (exact) mass is 833 g/mol. The van der Waals surface area contributed by atoms with E-state index in [2.05, 4.69) is 15.5 Å². The van der Waals surface area contributed by atoms with E-state index in [1.54, 1.807) is 73.5 Å². The lowest BCUT2D eigenvalue weighted by atomic mass is 10.1. The maximum atomic E-state index is 13.9. The fourth-order valence-corrected chi connectivity index (χ4v) is 7.28. The lowest BCUT2D eigenvalue weighted by Gasteiger charge is -2.20. The minimum absolute atomic E-state index is 0.0465. The van der Waals surface area contributed by atoms with E-state index in [0.29, 0.717) is 76.0 Å². The number of esters is 2. The summed E-state index contributed by atoms with van der Waals surface area (Å²) < 4.78 is 30.9. The van der Waals surface area contributed by atoms with Gasteiger partial charge in [0.2, 0.25) is 5.95 Å². The van der Waals surface area contributed by atoms with E-state index in [-0.39, 0.29) is 62.2 Å². The van der Waals surface area contributed by atoms with Gasteiger partial charge in [-0.3, -0.25) is 24.3 Å². The van der Waals surface area contributed by atoms with Crippen LogP contribution in [0.1, 0.15) is 107 Å². The van der Waals surface area contributed by atoms with Crippen molar-refractivity contribution in [1.82, 2.24) is 38.7 Å². The molecule has 320 valence electrons. The van der Waals surface area contributed by atoms with Crippen LogP contribution in [0.15, 0.2) is 48.6 Å². The zero-order valence-electron chi connectivity index (χ0n) is 35.8. The van der Waals surface area contributed by atoms with Crippen molar-refractivity contribution in [2.24, 2.45) is 0 Å². The number of hydrogen-bond acceptors (Lipinski definition) is 12. The molecular formula is C44H51N9O8. The average Bonchev–Trinajstić information content (AvgIpc) is 3.97. The second-order valence-electron chi connectivity index (χ2n) is 15.6. The zero-order chi connectivity index (χ0) is 43.6. The highest BCUT2D eigenvalue weighted by atomic mass is 16.6. The molecule has 61 heavy (non-hydrogen) atoms. The molecule has 6 aromatic rings. The fourth-order valence-electron chi connectivity index (χ4n) is 7.28. The van der Waals surface area contributed by atoms with Gasteiger partial charge < -0.3 is 28.1 Å². The third-order valence-corrected chi connectivity index (χ3v) is 9.85. The number of benzene rings is 2. The lowest BCUT2D eigenvalue weighted by molar-refractivity contribution is 0.00687. The Morgan fingerprint density at radius 3 is 1.90 bits per heavy atom. The number of aromatic nitrogens is 8. The van der Waals surface area contributed by atoms with E-state index < -0.39 is 23.4 Å². The molecule has 1 aliphatic heterocycles. The number of amides is 1. The van der Waals surface area contributed by atoms with Crippen LogP contribution in [0, 0.1) is 13.8 Å². The van der Waals surface area contributed by atoms with Crippen molar-refractivity contribution in [2.45, 2.75) is 100 Å². The largest absolute Gasteiger partial charge is 0.491 e. The number of Topliss-reactive ketones (excluding diaryl/α,β-unsaturated/α-hetero) is 1. The minimum atomic E-state index is -0.755. The van der Waals surface area contributed by atoms with Crippen molar-refractivity contribution in [1.29, 1.82) is 0 Å². The van der Waals surface area contributed by atoms with Gasteiger partial charge in [-0.15, -0.1) is 0 Å². The summed E-state index contributed by atoms with van der Waals surface area (Å²) in [6.07, 6.45) is 4.16. The van der Waals surface area contributed by atoms with Gasteiger partial charge in [0.25, 0.3) is 5.91 Å². The van der Waals surface area contributed by atoms with Gasteiger partial charge in [0, 0.05) is 32.6 Å². The van der Waals surface area contributed by atoms with Crippen molar-refractivity contribution in [3.63, 3.8) is 0 Å². The number of nitrogens with zero attached hydrogens (tertiary/aromatic N) is 8. The average molecular weight is 834 g/mol. The molecule has 2 aromatic carbocycles. The number of imidazole rings is 2. The van der Waals surface area contributed by atoms with Crippen molar-refractivity contribution in [2.75, 3.05) is 25.1 Å². The summed E-state index contributed by atoms with van der Waals surface area (Å²) in [6, 6.07) is 10.0. The van der Waals surface area contributed by atoms with Gasteiger partial charge in [-0.05, 0) is 91.8 Å². The van der Waals surface area contributed by atoms with Crippen LogP contribution in [-0.2, 0) is 42.1 Å². The molecule has 1 aliphatic rings. The Morgan fingerprint density at radius 1 is 0.738 bits per heavy atom. The van der Waals surface area contributed by atoms with Crippen LogP contribution in [0.5, 0.6) is 11.5 Å². The normalized spacial score (nSPS) is 13.8. The van der Waals surface area contributed by atoms with E-state index in [9.17, 15) is 19.2 Å². The van der Waals surface area contributed by atoms with Crippen molar-refractivity contribution >= 4 is 51.6 Å². The quantitative estimate of drug-likeness (QED) is 0.0879. The van der Waals surface area contributed by atoms with Crippen LogP contribution in [0.2, 0.25) is 0 Å². The van der Waals surface area contributed by atoms with Crippen LogP contribution in [0.25, 0.3) is 22.1 Å². The van der Waals surface area contributed by atoms with Crippen LogP contribution >= 0.6 is 0 Å². The SMILES string of the molecule is CCOC(=O)c1cc2c3c(c1)nc(CC(=O)c1cc(C)nn1CC)n3C/C=C/Cn1c(NC(=O)c3cc(C)nn3CC)nc3cc(C(=O)OC(C)(C)C)cc(c31)OCCCO2. The van der Waals surface area contributed by atoms with Crippen LogP contribution in [0.4, 0.5) is 5.95 Å². The van der Waals surface area contributed by atoms with E-state index in [1.807, 2.05) is 49.0 Å². The van der Waals surface area contributed by atoms with Crippen molar-refractivity contribution in [3.05, 3.63) is 88.3 Å². The number of nitrogens with one attached hydrogen (secondary N) is 1. The highest BCUT2D eigenvalue weighted by Gasteiger charge is 2.26. The molecule has 7 rings (SSSR count). The first-order chi connectivity index (χ1) is 29.2. The Hall–Kier alpha value is -6.78. The molecule has 0 bridgehead atoms. The van der Waals surface area contributed by atoms with E-state index in [0.717, 1.165) is 5.69 Å². The molecule has 1 amide bonds. The van der Waals surface area contributed by atoms with E-state index >= 15 is 0 Å². The van der Waals surface area contributed by atoms with Crippen LogP contribution < -0.4 is 14.8 Å². The van der Waals surface area contributed by atoms with Gasteiger partial charge in [0.05, 0.1) is 59.8 Å². The van der Waals surface area contributed by atoms with E-state index in [1.165, 1.54) is 0 Å². The van der Waals surface area contributed by atoms with Crippen molar-refractivity contribution in [3.8, 4) is 11.5 Å². The summed E-state index contributed by atoms with van der Waals surface area (Å²) in [7, 11) is 0. The molecule has 0 atom stereocenters. The maximum absolute atomic E-state index is 13.9. The first-order valence-corrected chi connectivity index (χ1v) is 20.5. The summed E-state index contributed by atoms with van der Waals surface area (Å²) in [4.78, 5) is 63.9. The number of carbonyl (C=O) groups is 4. The fraction of sp³-hybridized carbons (Fsp3) is 0.409. The number of hydrogen-bond donors (Lipinski definition) is 1. The summed E-state index contributed by atoms with van der Waals surface area (Å²) in [5.41, 5.74) is 4.01. The molecule has 0 fully saturated rings. The molecule has 5 heterocycles. The van der Waals surface area contributed by atoms with Crippen LogP contribution in [-0.4, -0.2) is 87.7 Å². The molecule has 0 spiro atoms. The predicted molar refractivity (Wildman–Crippen MR) is 227 cm³/mol. The first kappa shape index (κ1) is 42.3. The molecule has 1 N–H and O–H groups in total. The molecule has 0 saturated heterocycles. The van der Waals surface area contributed by atoms with Gasteiger partial charge in [-0.2, -0.15) is 10.2 Å². The van der Waals surface area contributed by atoms with E-state index in [4.69, 9.17) is 28.9 Å².